The summed E-state index contributed by atoms with van der Waals surface area (Å²) in [4.78, 5) is 44.2. The molecule has 0 spiro atoms. The van der Waals surface area contributed by atoms with E-state index >= 15 is 0 Å². The van der Waals surface area contributed by atoms with Crippen LogP contribution in [0.15, 0.2) is 88.5 Å². The second-order valence-electron chi connectivity index (χ2n) is 10.0. The summed E-state index contributed by atoms with van der Waals surface area (Å²) in [6.07, 6.45) is 0.472. The van der Waals surface area contributed by atoms with Gasteiger partial charge in [0.1, 0.15) is 12.4 Å². The molecule has 0 saturated heterocycles. The normalized spacial score (nSPS) is 11.2. The molecule has 3 aromatic carbocycles. The fourth-order valence-corrected chi connectivity index (χ4v) is 5.20. The van der Waals surface area contributed by atoms with E-state index in [-0.39, 0.29) is 24.3 Å². The zero-order chi connectivity index (χ0) is 29.9. The summed E-state index contributed by atoms with van der Waals surface area (Å²) in [6, 6.07) is 25.4. The van der Waals surface area contributed by atoms with E-state index in [0.29, 0.717) is 24.6 Å². The number of carbonyl (C=O) groups is 1. The number of benzene rings is 3. The van der Waals surface area contributed by atoms with Crippen LogP contribution < -0.4 is 11.2 Å². The number of methoxy groups -OCH3 is 1. The quantitative estimate of drug-likeness (QED) is 0.259. The van der Waals surface area contributed by atoms with Crippen LogP contribution in [-0.4, -0.2) is 52.4 Å². The molecule has 0 aliphatic carbocycles. The van der Waals surface area contributed by atoms with E-state index < -0.39 is 17.2 Å². The van der Waals surface area contributed by atoms with Gasteiger partial charge in [-0.25, -0.2) is 14.9 Å². The average Bonchev–Trinajstić information content (AvgIpc) is 3.69. The maximum Gasteiger partial charge on any atom is 0.333 e. The van der Waals surface area contributed by atoms with Crippen molar-refractivity contribution < 1.29 is 9.53 Å². The number of esters is 1. The van der Waals surface area contributed by atoms with Crippen LogP contribution in [0.4, 0.5) is 0 Å². The Morgan fingerprint density at radius 2 is 1.58 bits per heavy atom. The maximum atomic E-state index is 13.8. The van der Waals surface area contributed by atoms with Crippen LogP contribution in [0.5, 0.6) is 0 Å². The average molecular weight is 577 g/mol. The largest absolute Gasteiger partial charge is 0.468 e. The fourth-order valence-electron chi connectivity index (χ4n) is 5.20. The van der Waals surface area contributed by atoms with Crippen molar-refractivity contribution in [1.82, 2.24) is 39.3 Å². The Kier molecular flexibility index (Phi) is 7.48. The molecule has 12 heteroatoms. The number of aryl methyl sites for hydroxylation is 2. The summed E-state index contributed by atoms with van der Waals surface area (Å²) in [5.74, 6) is 0.501. The van der Waals surface area contributed by atoms with Gasteiger partial charge in [0.15, 0.2) is 17.0 Å². The fraction of sp³-hybridized carbons (Fsp3) is 0.194. The summed E-state index contributed by atoms with van der Waals surface area (Å²) in [7, 11) is 1.25. The Hall–Kier alpha value is -5.65. The van der Waals surface area contributed by atoms with Crippen LogP contribution in [0.1, 0.15) is 17.0 Å². The number of hydrogen-bond acceptors (Lipinski definition) is 8. The van der Waals surface area contributed by atoms with Crippen molar-refractivity contribution in [3.8, 4) is 22.5 Å². The number of hydrogen-bond donors (Lipinski definition) is 1. The van der Waals surface area contributed by atoms with Gasteiger partial charge in [0, 0.05) is 18.7 Å². The monoisotopic (exact) mass is 576 g/mol. The third kappa shape index (κ3) is 5.37. The molecule has 0 saturated carbocycles. The number of nitrogens with one attached hydrogen (secondary N) is 1. The lowest BCUT2D eigenvalue weighted by Crippen LogP contribution is -2.42. The molecule has 12 nitrogen and oxygen atoms in total. The first-order chi connectivity index (χ1) is 20.9. The van der Waals surface area contributed by atoms with Gasteiger partial charge in [0.05, 0.1) is 7.11 Å². The molecule has 6 rings (SSSR count). The first-order valence-corrected chi connectivity index (χ1v) is 13.7. The van der Waals surface area contributed by atoms with Gasteiger partial charge in [0.2, 0.25) is 0 Å². The number of tetrazole rings is 1. The first-order valence-electron chi connectivity index (χ1n) is 13.7. The maximum absolute atomic E-state index is 13.8. The standard InChI is InChI=1S/C31H28N8O4/c1-20-32-29-27(30(41)37(17-16-21-8-4-3-5-9-21)31(42)39(29)19-26(40)43-2)38(20)18-22-12-14-23(15-13-22)24-10-6-7-11-25(24)28-33-35-36-34-28/h3-15H,16-19H2,1-2H3,(H,33,34,35,36). The molecule has 0 aliphatic heterocycles. The summed E-state index contributed by atoms with van der Waals surface area (Å²) in [5, 5.41) is 14.2. The SMILES string of the molecule is COC(=O)Cn1c(=O)n(CCc2ccccc2)c(=O)c2c1nc(C)n2Cc1ccc(-c2ccccc2-c2nnn[nH]2)cc1. The van der Waals surface area contributed by atoms with E-state index in [2.05, 4.69) is 25.6 Å². The van der Waals surface area contributed by atoms with Gasteiger partial charge in [-0.2, -0.15) is 0 Å². The van der Waals surface area contributed by atoms with E-state index in [0.717, 1.165) is 27.8 Å². The lowest BCUT2D eigenvalue weighted by Gasteiger charge is -2.13. The molecular formula is C31H28N8O4. The van der Waals surface area contributed by atoms with Gasteiger partial charge in [-0.05, 0) is 46.0 Å². The molecule has 0 atom stereocenters. The highest BCUT2D eigenvalue weighted by atomic mass is 16.5. The molecule has 6 aromatic rings. The molecule has 0 radical (unpaired) electrons. The van der Waals surface area contributed by atoms with Crippen molar-refractivity contribution in [2.45, 2.75) is 33.0 Å². The second kappa shape index (κ2) is 11.7. The van der Waals surface area contributed by atoms with Gasteiger partial charge in [-0.1, -0.05) is 78.9 Å². The van der Waals surface area contributed by atoms with Crippen molar-refractivity contribution in [2.75, 3.05) is 7.11 Å². The van der Waals surface area contributed by atoms with E-state index in [1.807, 2.05) is 78.9 Å². The molecule has 43 heavy (non-hydrogen) atoms. The van der Waals surface area contributed by atoms with Crippen molar-refractivity contribution in [3.63, 3.8) is 0 Å². The van der Waals surface area contributed by atoms with Gasteiger partial charge in [-0.3, -0.25) is 18.7 Å². The van der Waals surface area contributed by atoms with Crippen LogP contribution in [0, 0.1) is 6.92 Å². The minimum absolute atomic E-state index is 0.151. The molecule has 216 valence electrons. The molecule has 1 N–H and O–H groups in total. The number of nitrogens with zero attached hydrogens (tertiary/aromatic N) is 7. The molecule has 0 bridgehead atoms. The van der Waals surface area contributed by atoms with Crippen LogP contribution >= 0.6 is 0 Å². The Morgan fingerprint density at radius 3 is 2.28 bits per heavy atom. The molecule has 0 unspecified atom stereocenters. The number of fused-ring (bicyclic) bond motifs is 1. The topological polar surface area (TPSA) is 143 Å². The van der Waals surface area contributed by atoms with Crippen molar-refractivity contribution >= 4 is 17.1 Å². The summed E-state index contributed by atoms with van der Waals surface area (Å²) in [5.41, 5.74) is 4.06. The summed E-state index contributed by atoms with van der Waals surface area (Å²) >= 11 is 0. The predicted octanol–water partition coefficient (Wildman–Crippen LogP) is 2.98. The lowest BCUT2D eigenvalue weighted by molar-refractivity contribution is -0.141. The third-order valence-corrected chi connectivity index (χ3v) is 7.42. The van der Waals surface area contributed by atoms with E-state index in [1.54, 1.807) is 11.5 Å². The predicted molar refractivity (Wildman–Crippen MR) is 159 cm³/mol. The highest BCUT2D eigenvalue weighted by Crippen LogP contribution is 2.30. The molecule has 0 amide bonds. The van der Waals surface area contributed by atoms with Crippen molar-refractivity contribution in [1.29, 1.82) is 0 Å². The Bertz CT molecular complexity index is 2030. The molecule has 0 fully saturated rings. The Morgan fingerprint density at radius 1 is 0.860 bits per heavy atom. The summed E-state index contributed by atoms with van der Waals surface area (Å²) in [6.45, 7) is 1.90. The Balaban J connectivity index is 1.39. The number of imidazole rings is 1. The van der Waals surface area contributed by atoms with Crippen LogP contribution in [0.25, 0.3) is 33.7 Å². The number of aromatic amines is 1. The highest BCUT2D eigenvalue weighted by Gasteiger charge is 2.22. The van der Waals surface area contributed by atoms with Crippen molar-refractivity contribution in [3.05, 3.63) is 117 Å². The van der Waals surface area contributed by atoms with Crippen LogP contribution in [0.3, 0.4) is 0 Å². The highest BCUT2D eigenvalue weighted by molar-refractivity contribution is 5.80. The number of H-pyrrole nitrogens is 1. The molecule has 3 heterocycles. The number of ether oxygens (including phenoxy) is 1. The zero-order valence-electron chi connectivity index (χ0n) is 23.6. The lowest BCUT2D eigenvalue weighted by atomic mass is 9.98. The van der Waals surface area contributed by atoms with E-state index in [4.69, 9.17) is 4.74 Å². The molecule has 3 aromatic heterocycles. The van der Waals surface area contributed by atoms with Gasteiger partial charge in [-0.15, -0.1) is 5.10 Å². The van der Waals surface area contributed by atoms with Gasteiger partial charge < -0.3 is 9.30 Å². The van der Waals surface area contributed by atoms with Crippen LogP contribution in [0.2, 0.25) is 0 Å². The third-order valence-electron chi connectivity index (χ3n) is 7.42. The minimum Gasteiger partial charge on any atom is -0.468 e. The number of carbonyl (C=O) groups excluding carboxylic acids is 1. The van der Waals surface area contributed by atoms with E-state index in [9.17, 15) is 14.4 Å². The summed E-state index contributed by atoms with van der Waals surface area (Å²) < 4.78 is 9.01. The van der Waals surface area contributed by atoms with Gasteiger partial charge >= 0.3 is 11.7 Å². The van der Waals surface area contributed by atoms with Crippen LogP contribution in [-0.2, 0) is 35.6 Å². The van der Waals surface area contributed by atoms with E-state index in [1.165, 1.54) is 16.2 Å². The number of rotatable bonds is 9. The molecular weight excluding hydrogens is 548 g/mol. The number of aromatic nitrogens is 8. The first kappa shape index (κ1) is 27.5. The minimum atomic E-state index is -0.610. The smallest absolute Gasteiger partial charge is 0.333 e. The van der Waals surface area contributed by atoms with Crippen molar-refractivity contribution in [2.24, 2.45) is 0 Å². The Labute approximate surface area is 245 Å². The second-order valence-corrected chi connectivity index (χ2v) is 10.0. The molecule has 0 aliphatic rings. The zero-order valence-corrected chi connectivity index (χ0v) is 23.6. The van der Waals surface area contributed by atoms with Gasteiger partial charge in [0.25, 0.3) is 5.56 Å².